The number of hydrogen-bond donors (Lipinski definition) is 1. The minimum absolute atomic E-state index is 0.0526. The van der Waals surface area contributed by atoms with E-state index in [0.717, 1.165) is 0 Å². The van der Waals surface area contributed by atoms with Crippen LogP contribution in [0, 0.1) is 11.3 Å². The molecule has 1 N–H and O–H groups in total. The van der Waals surface area contributed by atoms with Crippen LogP contribution in [0.1, 0.15) is 31.1 Å². The number of hydrogen-bond acceptors (Lipinski definition) is 4. The van der Waals surface area contributed by atoms with Crippen LogP contribution in [0.15, 0.2) is 24.3 Å². The molecule has 0 spiro atoms. The number of esters is 1. The molecule has 21 heavy (non-hydrogen) atoms. The number of benzene rings is 1. The molecule has 5 heteroatoms. The summed E-state index contributed by atoms with van der Waals surface area (Å²) < 4.78 is 10.4. The van der Waals surface area contributed by atoms with Gasteiger partial charge in [-0.05, 0) is 24.3 Å². The van der Waals surface area contributed by atoms with Gasteiger partial charge in [0.05, 0.1) is 18.8 Å². The molecule has 1 aromatic carbocycles. The molecule has 0 atom stereocenters. The van der Waals surface area contributed by atoms with Crippen molar-refractivity contribution in [2.75, 3.05) is 25.1 Å². The smallest absolute Gasteiger partial charge is 0.338 e. The van der Waals surface area contributed by atoms with Gasteiger partial charge in [-0.25, -0.2) is 4.79 Å². The zero-order valence-corrected chi connectivity index (χ0v) is 12.6. The Balaban J connectivity index is 1.89. The van der Waals surface area contributed by atoms with E-state index in [9.17, 15) is 9.59 Å². The van der Waals surface area contributed by atoms with Gasteiger partial charge in [0.25, 0.3) is 0 Å². The largest absolute Gasteiger partial charge is 0.461 e. The molecule has 5 nitrogen and oxygen atoms in total. The maximum absolute atomic E-state index is 11.9. The van der Waals surface area contributed by atoms with E-state index in [-0.39, 0.29) is 23.2 Å². The molecule has 0 saturated carbocycles. The van der Waals surface area contributed by atoms with Crippen molar-refractivity contribution in [2.45, 2.75) is 20.8 Å². The Kier molecular flexibility index (Phi) is 4.63. The monoisotopic (exact) mass is 291 g/mol. The van der Waals surface area contributed by atoms with Crippen molar-refractivity contribution in [3.05, 3.63) is 29.8 Å². The molecule has 0 radical (unpaired) electrons. The third-order valence-corrected chi connectivity index (χ3v) is 3.37. The third-order valence-electron chi connectivity index (χ3n) is 3.37. The molecule has 1 aliphatic heterocycles. The van der Waals surface area contributed by atoms with Crippen LogP contribution < -0.4 is 5.32 Å². The van der Waals surface area contributed by atoms with E-state index < -0.39 is 0 Å². The summed E-state index contributed by atoms with van der Waals surface area (Å²) in [7, 11) is 0. The van der Waals surface area contributed by atoms with Crippen LogP contribution in [0.5, 0.6) is 0 Å². The molecule has 2 rings (SSSR count). The SMILES string of the molecule is CC(C)C(=O)Nc1ccc(C(=O)OCC2(C)COC2)cc1. The number of rotatable bonds is 5. The standard InChI is InChI=1S/C16H21NO4/c1-11(2)14(18)17-13-6-4-12(5-7-13)15(19)21-10-16(3)8-20-9-16/h4-7,11H,8-10H2,1-3H3,(H,17,18). The predicted molar refractivity (Wildman–Crippen MR) is 79.1 cm³/mol. The van der Waals surface area contributed by atoms with Gasteiger partial charge in [-0.3, -0.25) is 4.79 Å². The number of amides is 1. The van der Waals surface area contributed by atoms with Crippen molar-refractivity contribution < 1.29 is 19.1 Å². The second-order valence-electron chi connectivity index (χ2n) is 6.10. The Morgan fingerprint density at radius 2 is 1.90 bits per heavy atom. The first kappa shape index (κ1) is 15.5. The maximum Gasteiger partial charge on any atom is 0.338 e. The highest BCUT2D eigenvalue weighted by molar-refractivity contribution is 5.93. The highest BCUT2D eigenvalue weighted by atomic mass is 16.5. The molecule has 0 aliphatic carbocycles. The fourth-order valence-electron chi connectivity index (χ4n) is 1.83. The average molecular weight is 291 g/mol. The van der Waals surface area contributed by atoms with E-state index in [0.29, 0.717) is 31.1 Å². The van der Waals surface area contributed by atoms with Gasteiger partial charge >= 0.3 is 5.97 Å². The Hall–Kier alpha value is -1.88. The van der Waals surface area contributed by atoms with Gasteiger partial charge < -0.3 is 14.8 Å². The third kappa shape index (κ3) is 4.04. The molecular weight excluding hydrogens is 270 g/mol. The van der Waals surface area contributed by atoms with Crippen molar-refractivity contribution in [3.8, 4) is 0 Å². The molecule has 0 bridgehead atoms. The topological polar surface area (TPSA) is 64.6 Å². The Bertz CT molecular complexity index is 518. The summed E-state index contributed by atoms with van der Waals surface area (Å²) in [4.78, 5) is 23.5. The van der Waals surface area contributed by atoms with Crippen LogP contribution in [0.4, 0.5) is 5.69 Å². The molecule has 1 amide bonds. The lowest BCUT2D eigenvalue weighted by Crippen LogP contribution is -2.44. The second-order valence-corrected chi connectivity index (χ2v) is 6.10. The summed E-state index contributed by atoms with van der Waals surface area (Å²) in [6.07, 6.45) is 0. The fourth-order valence-corrected chi connectivity index (χ4v) is 1.83. The minimum Gasteiger partial charge on any atom is -0.461 e. The van der Waals surface area contributed by atoms with Gasteiger partial charge in [-0.2, -0.15) is 0 Å². The number of carbonyl (C=O) groups excluding carboxylic acids is 2. The van der Waals surface area contributed by atoms with Gasteiger partial charge in [0.2, 0.25) is 5.91 Å². The van der Waals surface area contributed by atoms with Gasteiger partial charge in [-0.1, -0.05) is 20.8 Å². The minimum atomic E-state index is -0.357. The molecule has 1 heterocycles. The van der Waals surface area contributed by atoms with E-state index >= 15 is 0 Å². The molecule has 1 aliphatic rings. The first-order valence-electron chi connectivity index (χ1n) is 7.05. The van der Waals surface area contributed by atoms with Gasteiger partial charge in [0.1, 0.15) is 6.61 Å². The Labute approximate surface area is 124 Å². The van der Waals surface area contributed by atoms with Crippen molar-refractivity contribution in [3.63, 3.8) is 0 Å². The molecule has 1 fully saturated rings. The van der Waals surface area contributed by atoms with Gasteiger partial charge in [0, 0.05) is 17.0 Å². The number of nitrogens with one attached hydrogen (secondary N) is 1. The van der Waals surface area contributed by atoms with Crippen molar-refractivity contribution >= 4 is 17.6 Å². The molecule has 0 aromatic heterocycles. The van der Waals surface area contributed by atoms with Crippen molar-refractivity contribution in [2.24, 2.45) is 11.3 Å². The van der Waals surface area contributed by atoms with Crippen LogP contribution in [-0.4, -0.2) is 31.7 Å². The van der Waals surface area contributed by atoms with Crippen LogP contribution in [0.2, 0.25) is 0 Å². The quantitative estimate of drug-likeness (QED) is 0.846. The summed E-state index contributed by atoms with van der Waals surface area (Å²) in [5.41, 5.74) is 1.09. The Morgan fingerprint density at radius 1 is 1.29 bits per heavy atom. The predicted octanol–water partition coefficient (Wildman–Crippen LogP) is 2.47. The fraction of sp³-hybridized carbons (Fsp3) is 0.500. The molecular formula is C16H21NO4. The molecule has 1 aromatic rings. The maximum atomic E-state index is 11.9. The summed E-state index contributed by atoms with van der Waals surface area (Å²) in [5, 5.41) is 2.77. The van der Waals surface area contributed by atoms with Crippen molar-refractivity contribution in [1.29, 1.82) is 0 Å². The number of ether oxygens (including phenoxy) is 2. The van der Waals surface area contributed by atoms with Crippen LogP contribution in [-0.2, 0) is 14.3 Å². The average Bonchev–Trinajstić information content (AvgIpc) is 2.43. The van der Waals surface area contributed by atoms with Crippen molar-refractivity contribution in [1.82, 2.24) is 0 Å². The van der Waals surface area contributed by atoms with Gasteiger partial charge in [-0.15, -0.1) is 0 Å². The lowest BCUT2D eigenvalue weighted by atomic mass is 9.90. The second kappa shape index (κ2) is 6.26. The highest BCUT2D eigenvalue weighted by Crippen LogP contribution is 2.27. The summed E-state index contributed by atoms with van der Waals surface area (Å²) in [6.45, 7) is 7.28. The molecule has 0 unspecified atom stereocenters. The van der Waals surface area contributed by atoms with E-state index in [1.54, 1.807) is 24.3 Å². The zero-order valence-electron chi connectivity index (χ0n) is 12.6. The Morgan fingerprint density at radius 3 is 2.38 bits per heavy atom. The first-order chi connectivity index (χ1) is 9.89. The highest BCUT2D eigenvalue weighted by Gasteiger charge is 2.34. The van der Waals surface area contributed by atoms with Gasteiger partial charge in [0.15, 0.2) is 0 Å². The van der Waals surface area contributed by atoms with E-state index in [2.05, 4.69) is 5.32 Å². The summed E-state index contributed by atoms with van der Waals surface area (Å²) in [5.74, 6) is -0.492. The van der Waals surface area contributed by atoms with E-state index in [4.69, 9.17) is 9.47 Å². The zero-order chi connectivity index (χ0) is 15.5. The normalized spacial score (nSPS) is 16.2. The van der Waals surface area contributed by atoms with E-state index in [1.165, 1.54) is 0 Å². The summed E-state index contributed by atoms with van der Waals surface area (Å²) in [6, 6.07) is 6.70. The number of anilines is 1. The lowest BCUT2D eigenvalue weighted by molar-refractivity contribution is -0.127. The van der Waals surface area contributed by atoms with Crippen LogP contribution in [0.25, 0.3) is 0 Å². The van der Waals surface area contributed by atoms with Crippen LogP contribution in [0.3, 0.4) is 0 Å². The molecule has 114 valence electrons. The van der Waals surface area contributed by atoms with Crippen LogP contribution >= 0.6 is 0 Å². The lowest BCUT2D eigenvalue weighted by Gasteiger charge is -2.37. The molecule has 1 saturated heterocycles. The number of carbonyl (C=O) groups is 2. The summed E-state index contributed by atoms with van der Waals surface area (Å²) >= 11 is 0. The van der Waals surface area contributed by atoms with E-state index in [1.807, 2.05) is 20.8 Å². The first-order valence-corrected chi connectivity index (χ1v) is 7.05.